The first-order chi connectivity index (χ1) is 16.5. The Morgan fingerprint density at radius 3 is 2.65 bits per heavy atom. The number of para-hydroxylation sites is 1. The topological polar surface area (TPSA) is 86.3 Å². The van der Waals surface area contributed by atoms with Gasteiger partial charge in [0, 0.05) is 29.4 Å². The zero-order valence-electron chi connectivity index (χ0n) is 19.6. The number of aliphatic hydroxyl groups excluding tert-OH is 1. The Morgan fingerprint density at radius 1 is 1.09 bits per heavy atom. The van der Waals surface area contributed by atoms with Crippen molar-refractivity contribution in [1.29, 1.82) is 0 Å². The van der Waals surface area contributed by atoms with Crippen LogP contribution in [-0.2, 0) is 4.79 Å². The van der Waals surface area contributed by atoms with E-state index in [1.165, 1.54) is 0 Å². The molecule has 3 aliphatic rings. The third kappa shape index (κ3) is 3.38. The van der Waals surface area contributed by atoms with E-state index in [1.54, 1.807) is 39.5 Å². The van der Waals surface area contributed by atoms with Crippen molar-refractivity contribution in [2.45, 2.75) is 37.3 Å². The Morgan fingerprint density at radius 2 is 1.88 bits per heavy atom. The lowest BCUT2D eigenvalue weighted by Crippen LogP contribution is -2.66. The third-order valence-corrected chi connectivity index (χ3v) is 7.17. The van der Waals surface area contributed by atoms with E-state index in [1.807, 2.05) is 30.3 Å². The first-order valence-electron chi connectivity index (χ1n) is 11.5. The van der Waals surface area contributed by atoms with Crippen LogP contribution in [0.4, 0.5) is 0 Å². The molecule has 3 unspecified atom stereocenters. The van der Waals surface area contributed by atoms with Crippen LogP contribution in [0.25, 0.3) is 6.08 Å². The van der Waals surface area contributed by atoms with Crippen LogP contribution in [0.15, 0.2) is 53.8 Å². The van der Waals surface area contributed by atoms with Crippen LogP contribution in [0.1, 0.15) is 42.7 Å². The van der Waals surface area contributed by atoms with Gasteiger partial charge in [-0.15, -0.1) is 0 Å². The first kappa shape index (κ1) is 22.2. The second-order valence-corrected chi connectivity index (χ2v) is 8.87. The largest absolute Gasteiger partial charge is 0.507 e. The number of nitrogens with one attached hydrogen (secondary N) is 1. The summed E-state index contributed by atoms with van der Waals surface area (Å²) in [5, 5.41) is 14.3. The second-order valence-electron chi connectivity index (χ2n) is 8.87. The quantitative estimate of drug-likeness (QED) is 0.493. The van der Waals surface area contributed by atoms with Gasteiger partial charge in [-0.2, -0.15) is 0 Å². The van der Waals surface area contributed by atoms with E-state index in [0.717, 1.165) is 37.0 Å². The molecule has 2 aromatic rings. The molecule has 7 heteroatoms. The molecule has 2 heterocycles. The highest BCUT2D eigenvalue weighted by molar-refractivity contribution is 5.98. The van der Waals surface area contributed by atoms with Crippen LogP contribution in [-0.4, -0.2) is 38.1 Å². The van der Waals surface area contributed by atoms with Crippen molar-refractivity contribution in [3.05, 3.63) is 64.9 Å². The zero-order valence-corrected chi connectivity index (χ0v) is 19.6. The summed E-state index contributed by atoms with van der Waals surface area (Å²) in [7, 11) is 4.64. The summed E-state index contributed by atoms with van der Waals surface area (Å²) in [5.41, 5.74) is 1.28. The highest BCUT2D eigenvalue weighted by Crippen LogP contribution is 2.55. The molecule has 1 saturated heterocycles. The Hall–Kier alpha value is -3.61. The normalized spacial score (nSPS) is 26.6. The van der Waals surface area contributed by atoms with Crippen LogP contribution in [0.2, 0.25) is 0 Å². The van der Waals surface area contributed by atoms with Crippen LogP contribution in [0.3, 0.4) is 0 Å². The molecule has 0 spiro atoms. The fourth-order valence-electron chi connectivity index (χ4n) is 5.70. The summed E-state index contributed by atoms with van der Waals surface area (Å²) in [6.07, 6.45) is 7.01. The minimum Gasteiger partial charge on any atom is -0.507 e. The summed E-state index contributed by atoms with van der Waals surface area (Å²) < 4.78 is 22.7. The van der Waals surface area contributed by atoms with Gasteiger partial charge in [0.1, 0.15) is 11.5 Å². The molecule has 2 aliphatic heterocycles. The number of hydrogen-bond donors (Lipinski definition) is 2. The number of aliphatic hydroxyl groups is 1. The fourth-order valence-corrected chi connectivity index (χ4v) is 5.70. The van der Waals surface area contributed by atoms with Gasteiger partial charge in [-0.3, -0.25) is 4.79 Å². The van der Waals surface area contributed by atoms with Crippen molar-refractivity contribution in [3.8, 4) is 23.0 Å². The average Bonchev–Trinajstić information content (AvgIpc) is 2.85. The molecule has 0 radical (unpaired) electrons. The predicted molar refractivity (Wildman–Crippen MR) is 127 cm³/mol. The number of hydrogen-bond acceptors (Lipinski definition) is 6. The smallest absolute Gasteiger partial charge is 0.254 e. The Labute approximate surface area is 199 Å². The predicted octanol–water partition coefficient (Wildman–Crippen LogP) is 4.73. The fraction of sp³-hybridized carbons (Fsp3) is 0.370. The van der Waals surface area contributed by atoms with Crippen LogP contribution in [0.5, 0.6) is 23.0 Å². The Balaban J connectivity index is 1.59. The first-order valence-corrected chi connectivity index (χ1v) is 11.5. The standard InChI is InChI=1S/C27H29NO6/c1-31-21-14-12-16(24(32-2)25(21)33-3)11-13-19(29)23-22-17-8-4-5-10-20(17)34-27(28-26(23)30)15-7-6-9-18(22)27/h4-5,8,10-14,18,22,29H,6-7,9,15H2,1-3H3,(H,28,30)/b13-11+,23-19-. The highest BCUT2D eigenvalue weighted by Gasteiger charge is 2.57. The van der Waals surface area contributed by atoms with Crippen molar-refractivity contribution in [1.82, 2.24) is 5.32 Å². The molecule has 2 bridgehead atoms. The molecule has 5 rings (SSSR count). The second kappa shape index (κ2) is 8.63. The number of benzene rings is 2. The van der Waals surface area contributed by atoms with E-state index < -0.39 is 5.72 Å². The summed E-state index contributed by atoms with van der Waals surface area (Å²) >= 11 is 0. The van der Waals surface area contributed by atoms with Gasteiger partial charge in [0.2, 0.25) is 5.75 Å². The lowest BCUT2D eigenvalue weighted by Gasteiger charge is -2.54. The van der Waals surface area contributed by atoms with Crippen LogP contribution >= 0.6 is 0 Å². The van der Waals surface area contributed by atoms with E-state index >= 15 is 0 Å². The number of fused-ring (bicyclic) bond motifs is 2. The van der Waals surface area contributed by atoms with Crippen molar-refractivity contribution < 1.29 is 28.8 Å². The molecule has 3 atom stereocenters. The summed E-state index contributed by atoms with van der Waals surface area (Å²) in [6.45, 7) is 0. The molecule has 0 aromatic heterocycles. The van der Waals surface area contributed by atoms with Gasteiger partial charge in [0.05, 0.1) is 26.9 Å². The summed E-state index contributed by atoms with van der Waals surface area (Å²) in [6, 6.07) is 11.4. The zero-order chi connectivity index (χ0) is 23.9. The maximum absolute atomic E-state index is 13.3. The van der Waals surface area contributed by atoms with Crippen molar-refractivity contribution in [2.24, 2.45) is 5.92 Å². The highest BCUT2D eigenvalue weighted by atomic mass is 16.5. The van der Waals surface area contributed by atoms with Gasteiger partial charge in [0.15, 0.2) is 17.2 Å². The minimum atomic E-state index is -0.714. The van der Waals surface area contributed by atoms with Gasteiger partial charge in [0.25, 0.3) is 5.91 Å². The number of piperidine rings is 1. The number of methoxy groups -OCH3 is 3. The number of amides is 1. The van der Waals surface area contributed by atoms with E-state index in [4.69, 9.17) is 18.9 Å². The number of ether oxygens (including phenoxy) is 4. The van der Waals surface area contributed by atoms with Gasteiger partial charge in [-0.05, 0) is 43.2 Å². The van der Waals surface area contributed by atoms with E-state index in [0.29, 0.717) is 28.4 Å². The number of rotatable bonds is 5. The summed E-state index contributed by atoms with van der Waals surface area (Å²) in [5.74, 6) is 1.70. The van der Waals surface area contributed by atoms with Gasteiger partial charge >= 0.3 is 0 Å². The molecule has 1 saturated carbocycles. The Kier molecular flexibility index (Phi) is 5.63. The molecule has 1 aliphatic carbocycles. The molecule has 2 fully saturated rings. The van der Waals surface area contributed by atoms with E-state index in [2.05, 4.69) is 5.32 Å². The maximum atomic E-state index is 13.3. The third-order valence-electron chi connectivity index (χ3n) is 7.17. The van der Waals surface area contributed by atoms with Gasteiger partial charge in [-0.1, -0.05) is 24.6 Å². The molecule has 7 nitrogen and oxygen atoms in total. The lowest BCUT2D eigenvalue weighted by atomic mass is 9.64. The van der Waals surface area contributed by atoms with Crippen molar-refractivity contribution >= 4 is 12.0 Å². The van der Waals surface area contributed by atoms with Crippen molar-refractivity contribution in [3.63, 3.8) is 0 Å². The van der Waals surface area contributed by atoms with Crippen LogP contribution in [0, 0.1) is 5.92 Å². The van der Waals surface area contributed by atoms with Crippen LogP contribution < -0.4 is 24.3 Å². The molecule has 2 aromatic carbocycles. The SMILES string of the molecule is COc1ccc(/C=C/C(O)=C2/C(=O)NC34CCCCC3C2c2ccccc2O4)c(OC)c1OC. The van der Waals surface area contributed by atoms with E-state index in [9.17, 15) is 9.90 Å². The molecular formula is C27H29NO6. The monoisotopic (exact) mass is 463 g/mol. The van der Waals surface area contributed by atoms with Gasteiger partial charge in [-0.25, -0.2) is 0 Å². The maximum Gasteiger partial charge on any atom is 0.254 e. The lowest BCUT2D eigenvalue weighted by molar-refractivity contribution is -0.140. The molecule has 2 N–H and O–H groups in total. The van der Waals surface area contributed by atoms with E-state index in [-0.39, 0.29) is 23.5 Å². The summed E-state index contributed by atoms with van der Waals surface area (Å²) in [4.78, 5) is 13.3. The molecular weight excluding hydrogens is 434 g/mol. The molecule has 34 heavy (non-hydrogen) atoms. The molecule has 178 valence electrons. The van der Waals surface area contributed by atoms with Crippen molar-refractivity contribution in [2.75, 3.05) is 21.3 Å². The molecule has 1 amide bonds. The number of carbonyl (C=O) groups excluding carboxylic acids is 1. The number of carbonyl (C=O) groups is 1. The minimum absolute atomic E-state index is 0.0648. The Bertz CT molecular complexity index is 1190. The number of allylic oxidation sites excluding steroid dienone is 1. The average molecular weight is 464 g/mol. The van der Waals surface area contributed by atoms with Gasteiger partial charge < -0.3 is 29.4 Å².